The Balaban J connectivity index is 1.92. The molecule has 0 aliphatic carbocycles. The standard InChI is InChI=1S/C15H10BrF2N3O2S/c16-10-6-12(18)14(7-11(10)17)21-24(22,23)9-5-15(20-8-9)13-3-1-2-4-19-13/h1-8,20-21H. The summed E-state index contributed by atoms with van der Waals surface area (Å²) in [7, 11) is -4.08. The molecule has 2 heterocycles. The van der Waals surface area contributed by atoms with Crippen LogP contribution in [0.15, 0.2) is 58.2 Å². The number of anilines is 1. The van der Waals surface area contributed by atoms with Crippen molar-refractivity contribution < 1.29 is 17.2 Å². The highest BCUT2D eigenvalue weighted by atomic mass is 79.9. The molecule has 0 amide bonds. The van der Waals surface area contributed by atoms with Crippen LogP contribution in [0, 0.1) is 11.6 Å². The molecule has 0 bridgehead atoms. The smallest absolute Gasteiger partial charge is 0.263 e. The molecule has 5 nitrogen and oxygen atoms in total. The van der Waals surface area contributed by atoms with Crippen LogP contribution in [0.5, 0.6) is 0 Å². The minimum atomic E-state index is -4.08. The van der Waals surface area contributed by atoms with Gasteiger partial charge in [-0.2, -0.15) is 0 Å². The number of pyridine rings is 1. The van der Waals surface area contributed by atoms with Crippen molar-refractivity contribution in [1.29, 1.82) is 0 Å². The van der Waals surface area contributed by atoms with Gasteiger partial charge in [0.2, 0.25) is 0 Å². The van der Waals surface area contributed by atoms with Crippen LogP contribution >= 0.6 is 15.9 Å². The molecule has 0 aliphatic rings. The zero-order valence-corrected chi connectivity index (χ0v) is 14.3. The average molecular weight is 414 g/mol. The van der Waals surface area contributed by atoms with E-state index in [9.17, 15) is 17.2 Å². The maximum atomic E-state index is 13.8. The first-order valence-corrected chi connectivity index (χ1v) is 8.91. The summed E-state index contributed by atoms with van der Waals surface area (Å²) in [6, 6.07) is 8.18. The van der Waals surface area contributed by atoms with Gasteiger partial charge in [0.1, 0.15) is 16.5 Å². The summed E-state index contributed by atoms with van der Waals surface area (Å²) in [6.45, 7) is 0. The van der Waals surface area contributed by atoms with Crippen molar-refractivity contribution in [2.45, 2.75) is 4.90 Å². The third-order valence-corrected chi connectivity index (χ3v) is 5.11. The average Bonchev–Trinajstić information content (AvgIpc) is 3.04. The van der Waals surface area contributed by atoms with Gasteiger partial charge in [0, 0.05) is 18.5 Å². The molecule has 124 valence electrons. The van der Waals surface area contributed by atoms with Crippen molar-refractivity contribution in [3.05, 3.63) is 64.9 Å². The molecular formula is C15H10BrF2N3O2S. The summed E-state index contributed by atoms with van der Waals surface area (Å²) in [5.74, 6) is -1.68. The molecule has 0 saturated carbocycles. The Hall–Kier alpha value is -2.26. The highest BCUT2D eigenvalue weighted by Gasteiger charge is 2.20. The molecule has 2 aromatic heterocycles. The fraction of sp³-hybridized carbons (Fsp3) is 0. The molecule has 24 heavy (non-hydrogen) atoms. The van der Waals surface area contributed by atoms with Gasteiger partial charge in [-0.25, -0.2) is 17.2 Å². The topological polar surface area (TPSA) is 74.8 Å². The van der Waals surface area contributed by atoms with Gasteiger partial charge in [-0.1, -0.05) is 6.07 Å². The molecule has 0 unspecified atom stereocenters. The number of nitrogens with one attached hydrogen (secondary N) is 2. The molecule has 0 aliphatic heterocycles. The second kappa shape index (κ2) is 6.33. The number of sulfonamides is 1. The Morgan fingerprint density at radius 1 is 1.12 bits per heavy atom. The van der Waals surface area contributed by atoms with Crippen LogP contribution in [-0.4, -0.2) is 18.4 Å². The molecule has 3 aromatic rings. The number of aromatic nitrogens is 2. The predicted octanol–water partition coefficient (Wildman–Crippen LogP) is 3.92. The number of halogens is 3. The predicted molar refractivity (Wildman–Crippen MR) is 88.9 cm³/mol. The summed E-state index contributed by atoms with van der Waals surface area (Å²) >= 11 is 2.83. The lowest BCUT2D eigenvalue weighted by Gasteiger charge is -2.08. The van der Waals surface area contributed by atoms with E-state index >= 15 is 0 Å². The van der Waals surface area contributed by atoms with Crippen molar-refractivity contribution in [2.75, 3.05) is 4.72 Å². The first-order valence-electron chi connectivity index (χ1n) is 6.64. The van der Waals surface area contributed by atoms with Crippen molar-refractivity contribution in [1.82, 2.24) is 9.97 Å². The SMILES string of the molecule is O=S(=O)(Nc1cc(F)c(Br)cc1F)c1c[nH]c(-c2ccccn2)c1. The van der Waals surface area contributed by atoms with E-state index in [1.165, 1.54) is 12.3 Å². The van der Waals surface area contributed by atoms with Crippen LogP contribution in [-0.2, 0) is 10.0 Å². The van der Waals surface area contributed by atoms with Gasteiger partial charge in [0.15, 0.2) is 0 Å². The van der Waals surface area contributed by atoms with Crippen molar-refractivity contribution in [3.8, 4) is 11.4 Å². The van der Waals surface area contributed by atoms with Gasteiger partial charge in [-0.05, 0) is 40.2 Å². The first-order chi connectivity index (χ1) is 11.4. The van der Waals surface area contributed by atoms with Gasteiger partial charge < -0.3 is 4.98 Å². The fourth-order valence-electron chi connectivity index (χ4n) is 2.00. The van der Waals surface area contributed by atoms with Gasteiger partial charge in [-0.3, -0.25) is 9.71 Å². The summed E-state index contributed by atoms with van der Waals surface area (Å²) in [6.07, 6.45) is 2.82. The van der Waals surface area contributed by atoms with Crippen LogP contribution in [0.1, 0.15) is 0 Å². The number of aromatic amines is 1. The van der Waals surface area contributed by atoms with E-state index < -0.39 is 27.3 Å². The normalized spacial score (nSPS) is 11.5. The number of benzene rings is 1. The highest BCUT2D eigenvalue weighted by molar-refractivity contribution is 9.10. The second-order valence-corrected chi connectivity index (χ2v) is 7.35. The van der Waals surface area contributed by atoms with Crippen LogP contribution in [0.25, 0.3) is 11.4 Å². The lowest BCUT2D eigenvalue weighted by atomic mass is 10.3. The zero-order valence-electron chi connectivity index (χ0n) is 11.9. The van der Waals surface area contributed by atoms with E-state index in [0.717, 1.165) is 12.1 Å². The molecule has 9 heteroatoms. The van der Waals surface area contributed by atoms with Gasteiger partial charge in [-0.15, -0.1) is 0 Å². The van der Waals surface area contributed by atoms with Crippen LogP contribution in [0.4, 0.5) is 14.5 Å². The Morgan fingerprint density at radius 2 is 1.92 bits per heavy atom. The number of hydrogen-bond acceptors (Lipinski definition) is 3. The largest absolute Gasteiger partial charge is 0.359 e. The van der Waals surface area contributed by atoms with E-state index in [4.69, 9.17) is 0 Å². The van der Waals surface area contributed by atoms with Crippen LogP contribution in [0.2, 0.25) is 0 Å². The molecule has 1 aromatic carbocycles. The minimum absolute atomic E-state index is 0.0953. The Kier molecular flexibility index (Phi) is 4.37. The first kappa shape index (κ1) is 16.6. The molecule has 2 N–H and O–H groups in total. The Labute approximate surface area is 144 Å². The van der Waals surface area contributed by atoms with E-state index in [0.29, 0.717) is 11.4 Å². The maximum Gasteiger partial charge on any atom is 0.263 e. The van der Waals surface area contributed by atoms with E-state index in [-0.39, 0.29) is 9.37 Å². The lowest BCUT2D eigenvalue weighted by molar-refractivity contribution is 0.592. The van der Waals surface area contributed by atoms with Gasteiger partial charge in [0.25, 0.3) is 10.0 Å². The minimum Gasteiger partial charge on any atom is -0.359 e. The molecule has 0 radical (unpaired) electrons. The Morgan fingerprint density at radius 3 is 2.62 bits per heavy atom. The van der Waals surface area contributed by atoms with E-state index in [2.05, 4.69) is 25.9 Å². The molecule has 3 rings (SSSR count). The van der Waals surface area contributed by atoms with Crippen molar-refractivity contribution in [3.63, 3.8) is 0 Å². The highest BCUT2D eigenvalue weighted by Crippen LogP contribution is 2.26. The van der Waals surface area contributed by atoms with E-state index in [1.54, 1.807) is 24.4 Å². The maximum absolute atomic E-state index is 13.8. The number of H-pyrrole nitrogens is 1. The van der Waals surface area contributed by atoms with Gasteiger partial charge >= 0.3 is 0 Å². The third-order valence-electron chi connectivity index (χ3n) is 3.16. The summed E-state index contributed by atoms with van der Waals surface area (Å²) in [5, 5.41) is 0. The fourth-order valence-corrected chi connectivity index (χ4v) is 3.37. The van der Waals surface area contributed by atoms with Crippen molar-refractivity contribution in [2.24, 2.45) is 0 Å². The summed E-state index contributed by atoms with van der Waals surface area (Å²) < 4.78 is 53.9. The van der Waals surface area contributed by atoms with Gasteiger partial charge in [0.05, 0.1) is 21.5 Å². The molecular weight excluding hydrogens is 404 g/mol. The zero-order chi connectivity index (χ0) is 17.3. The Bertz CT molecular complexity index is 991. The van der Waals surface area contributed by atoms with E-state index in [1.807, 2.05) is 4.72 Å². The summed E-state index contributed by atoms with van der Waals surface area (Å²) in [4.78, 5) is 6.78. The number of rotatable bonds is 4. The van der Waals surface area contributed by atoms with Crippen LogP contribution in [0.3, 0.4) is 0 Å². The van der Waals surface area contributed by atoms with Crippen molar-refractivity contribution >= 4 is 31.6 Å². The monoisotopic (exact) mass is 413 g/mol. The number of hydrogen-bond donors (Lipinski definition) is 2. The summed E-state index contributed by atoms with van der Waals surface area (Å²) in [5.41, 5.74) is 0.564. The molecule has 0 atom stereocenters. The lowest BCUT2D eigenvalue weighted by Crippen LogP contribution is -2.13. The molecule has 0 spiro atoms. The van der Waals surface area contributed by atoms with Crippen LogP contribution < -0.4 is 4.72 Å². The number of nitrogens with zero attached hydrogens (tertiary/aromatic N) is 1. The second-order valence-electron chi connectivity index (χ2n) is 4.82. The quantitative estimate of drug-likeness (QED) is 0.636. The molecule has 0 saturated heterocycles. The third kappa shape index (κ3) is 3.31. The molecule has 0 fully saturated rings.